The second kappa shape index (κ2) is 4.10. The summed E-state index contributed by atoms with van der Waals surface area (Å²) >= 11 is 0. The van der Waals surface area contributed by atoms with Gasteiger partial charge in [-0.05, 0) is 50.8 Å². The summed E-state index contributed by atoms with van der Waals surface area (Å²) in [7, 11) is 0. The smallest absolute Gasteiger partial charge is 0.119 e. The average molecular weight is 220 g/mol. The zero-order valence-corrected chi connectivity index (χ0v) is 10.3. The Morgan fingerprint density at radius 3 is 2.69 bits per heavy atom. The van der Waals surface area contributed by atoms with E-state index in [1.807, 2.05) is 19.1 Å². The van der Waals surface area contributed by atoms with E-state index in [0.29, 0.717) is 18.3 Å². The first kappa shape index (κ1) is 11.5. The molecule has 16 heavy (non-hydrogen) atoms. The molecule has 1 aliphatic rings. The largest absolute Gasteiger partial charge is 0.508 e. The summed E-state index contributed by atoms with van der Waals surface area (Å²) in [6, 6.07) is 5.90. The fourth-order valence-corrected chi connectivity index (χ4v) is 2.25. The molecule has 0 saturated carbocycles. The van der Waals surface area contributed by atoms with E-state index in [1.54, 1.807) is 0 Å². The normalized spacial score (nSPS) is 24.3. The molecule has 1 atom stereocenters. The highest BCUT2D eigenvalue weighted by molar-refractivity contribution is 5.38. The Bertz CT molecular complexity index is 372. The minimum atomic E-state index is -0.00316. The first-order chi connectivity index (χ1) is 7.48. The molecule has 1 aliphatic heterocycles. The van der Waals surface area contributed by atoms with Gasteiger partial charge in [0.1, 0.15) is 5.75 Å². The summed E-state index contributed by atoms with van der Waals surface area (Å²) in [6.07, 6.45) is 2.13. The van der Waals surface area contributed by atoms with Crippen molar-refractivity contribution in [2.24, 2.45) is 0 Å². The molecule has 88 valence electrons. The third-order valence-electron chi connectivity index (χ3n) is 3.40. The number of ether oxygens (including phenoxy) is 1. The maximum absolute atomic E-state index is 9.92. The van der Waals surface area contributed by atoms with E-state index >= 15 is 0 Å². The molecular weight excluding hydrogens is 200 g/mol. The lowest BCUT2D eigenvalue weighted by atomic mass is 9.86. The highest BCUT2D eigenvalue weighted by atomic mass is 16.5. The van der Waals surface area contributed by atoms with Crippen LogP contribution in [0.1, 0.15) is 43.7 Å². The third kappa shape index (κ3) is 2.38. The van der Waals surface area contributed by atoms with Gasteiger partial charge < -0.3 is 9.84 Å². The fourth-order valence-electron chi connectivity index (χ4n) is 2.25. The SMILES string of the molecule is Cc1ccc(C2CCC(C)(C)OC2)c(O)c1. The minimum Gasteiger partial charge on any atom is -0.508 e. The Balaban J connectivity index is 2.14. The molecule has 1 aromatic carbocycles. The van der Waals surface area contributed by atoms with Crippen LogP contribution in [-0.2, 0) is 4.74 Å². The van der Waals surface area contributed by atoms with Gasteiger partial charge in [-0.3, -0.25) is 0 Å². The predicted molar refractivity (Wildman–Crippen MR) is 64.8 cm³/mol. The molecule has 2 nitrogen and oxygen atoms in total. The summed E-state index contributed by atoms with van der Waals surface area (Å²) in [5, 5.41) is 9.92. The maximum atomic E-state index is 9.92. The molecule has 1 N–H and O–H groups in total. The molecule has 2 rings (SSSR count). The van der Waals surface area contributed by atoms with Gasteiger partial charge in [0.2, 0.25) is 0 Å². The Hall–Kier alpha value is -1.02. The first-order valence-corrected chi connectivity index (χ1v) is 5.91. The maximum Gasteiger partial charge on any atom is 0.119 e. The standard InChI is InChI=1S/C14H20O2/c1-10-4-5-12(13(15)8-10)11-6-7-14(2,3)16-9-11/h4-5,8,11,15H,6-7,9H2,1-3H3. The molecule has 1 heterocycles. The molecule has 0 radical (unpaired) electrons. The van der Waals surface area contributed by atoms with E-state index in [9.17, 15) is 5.11 Å². The Morgan fingerprint density at radius 2 is 2.12 bits per heavy atom. The molecule has 0 spiro atoms. The van der Waals surface area contributed by atoms with Crippen LogP contribution in [-0.4, -0.2) is 17.3 Å². The number of rotatable bonds is 1. The quantitative estimate of drug-likeness (QED) is 0.786. The lowest BCUT2D eigenvalue weighted by molar-refractivity contribution is -0.0612. The fraction of sp³-hybridized carbons (Fsp3) is 0.571. The number of phenolic OH excluding ortho intramolecular Hbond substituents is 1. The van der Waals surface area contributed by atoms with Crippen molar-refractivity contribution in [3.05, 3.63) is 29.3 Å². The predicted octanol–water partition coefficient (Wildman–Crippen LogP) is 3.37. The summed E-state index contributed by atoms with van der Waals surface area (Å²) in [5.41, 5.74) is 2.12. The van der Waals surface area contributed by atoms with Crippen LogP contribution in [0.3, 0.4) is 0 Å². The van der Waals surface area contributed by atoms with Crippen LogP contribution in [0.4, 0.5) is 0 Å². The van der Waals surface area contributed by atoms with Gasteiger partial charge in [-0.1, -0.05) is 12.1 Å². The topological polar surface area (TPSA) is 29.5 Å². The molecular formula is C14H20O2. The molecule has 0 aromatic heterocycles. The van der Waals surface area contributed by atoms with Gasteiger partial charge >= 0.3 is 0 Å². The molecule has 1 aromatic rings. The molecule has 1 fully saturated rings. The van der Waals surface area contributed by atoms with Crippen LogP contribution in [0.2, 0.25) is 0 Å². The number of phenols is 1. The molecule has 0 amide bonds. The highest BCUT2D eigenvalue weighted by Gasteiger charge is 2.29. The van der Waals surface area contributed by atoms with Crippen molar-refractivity contribution in [2.45, 2.75) is 45.1 Å². The van der Waals surface area contributed by atoms with Crippen LogP contribution in [0.5, 0.6) is 5.75 Å². The van der Waals surface area contributed by atoms with Crippen molar-refractivity contribution in [1.82, 2.24) is 0 Å². The van der Waals surface area contributed by atoms with E-state index in [2.05, 4.69) is 19.9 Å². The lowest BCUT2D eigenvalue weighted by Gasteiger charge is -2.35. The monoisotopic (exact) mass is 220 g/mol. The molecule has 0 aliphatic carbocycles. The summed E-state index contributed by atoms with van der Waals surface area (Å²) in [6.45, 7) is 6.95. The number of hydrogen-bond donors (Lipinski definition) is 1. The van der Waals surface area contributed by atoms with Crippen molar-refractivity contribution in [3.63, 3.8) is 0 Å². The molecule has 1 unspecified atom stereocenters. The van der Waals surface area contributed by atoms with E-state index in [1.165, 1.54) is 0 Å². The molecule has 1 saturated heterocycles. The Morgan fingerprint density at radius 1 is 1.38 bits per heavy atom. The van der Waals surface area contributed by atoms with E-state index in [4.69, 9.17) is 4.74 Å². The average Bonchev–Trinajstić information content (AvgIpc) is 2.19. The van der Waals surface area contributed by atoms with Gasteiger partial charge in [0, 0.05) is 5.92 Å². The first-order valence-electron chi connectivity index (χ1n) is 5.91. The lowest BCUT2D eigenvalue weighted by Crippen LogP contribution is -2.32. The summed E-state index contributed by atoms with van der Waals surface area (Å²) < 4.78 is 5.81. The van der Waals surface area contributed by atoms with E-state index in [-0.39, 0.29) is 5.60 Å². The zero-order valence-electron chi connectivity index (χ0n) is 10.3. The number of aryl methyl sites for hydroxylation is 1. The van der Waals surface area contributed by atoms with Gasteiger partial charge in [0.25, 0.3) is 0 Å². The van der Waals surface area contributed by atoms with Crippen LogP contribution in [0, 0.1) is 6.92 Å². The van der Waals surface area contributed by atoms with Gasteiger partial charge in [-0.15, -0.1) is 0 Å². The van der Waals surface area contributed by atoms with Gasteiger partial charge in [0.15, 0.2) is 0 Å². The van der Waals surface area contributed by atoms with E-state index in [0.717, 1.165) is 24.0 Å². The molecule has 0 bridgehead atoms. The number of benzene rings is 1. The summed E-state index contributed by atoms with van der Waals surface area (Å²) in [5.74, 6) is 0.752. The van der Waals surface area contributed by atoms with Crippen molar-refractivity contribution in [3.8, 4) is 5.75 Å². The van der Waals surface area contributed by atoms with Crippen LogP contribution >= 0.6 is 0 Å². The van der Waals surface area contributed by atoms with Crippen molar-refractivity contribution in [1.29, 1.82) is 0 Å². The third-order valence-corrected chi connectivity index (χ3v) is 3.40. The van der Waals surface area contributed by atoms with Gasteiger partial charge in [-0.25, -0.2) is 0 Å². The Labute approximate surface area is 97.3 Å². The van der Waals surface area contributed by atoms with Gasteiger partial charge in [0.05, 0.1) is 12.2 Å². The number of aromatic hydroxyl groups is 1. The van der Waals surface area contributed by atoms with E-state index < -0.39 is 0 Å². The minimum absolute atomic E-state index is 0.00316. The van der Waals surface area contributed by atoms with Gasteiger partial charge in [-0.2, -0.15) is 0 Å². The highest BCUT2D eigenvalue weighted by Crippen LogP contribution is 2.37. The van der Waals surface area contributed by atoms with Crippen molar-refractivity contribution in [2.75, 3.05) is 6.61 Å². The number of hydrogen-bond acceptors (Lipinski definition) is 2. The zero-order chi connectivity index (χ0) is 11.8. The second-order valence-corrected chi connectivity index (χ2v) is 5.37. The van der Waals surface area contributed by atoms with Crippen molar-refractivity contribution >= 4 is 0 Å². The van der Waals surface area contributed by atoms with Crippen LogP contribution < -0.4 is 0 Å². The molecule has 2 heteroatoms. The summed E-state index contributed by atoms with van der Waals surface area (Å²) in [4.78, 5) is 0. The Kier molecular flexibility index (Phi) is 2.94. The second-order valence-electron chi connectivity index (χ2n) is 5.37. The van der Waals surface area contributed by atoms with Crippen LogP contribution in [0.25, 0.3) is 0 Å². The van der Waals surface area contributed by atoms with Crippen molar-refractivity contribution < 1.29 is 9.84 Å². The van der Waals surface area contributed by atoms with Crippen LogP contribution in [0.15, 0.2) is 18.2 Å².